The molecule has 0 spiro atoms. The maximum absolute atomic E-state index is 14.0. The van der Waals surface area contributed by atoms with Gasteiger partial charge in [-0.3, -0.25) is 0 Å². The van der Waals surface area contributed by atoms with Gasteiger partial charge in [0, 0.05) is 18.2 Å². The average molecular weight is 284 g/mol. The van der Waals surface area contributed by atoms with Crippen LogP contribution < -0.4 is 5.32 Å². The number of nitrogens with zero attached hydrogens (tertiary/aromatic N) is 1. The minimum Gasteiger partial charge on any atom is -0.309 e. The molecule has 1 N–H and O–H groups in total. The second-order valence-corrected chi connectivity index (χ2v) is 5.05. The highest BCUT2D eigenvalue weighted by Crippen LogP contribution is 2.20. The van der Waals surface area contributed by atoms with Gasteiger partial charge in [-0.2, -0.15) is 0 Å². The van der Waals surface area contributed by atoms with E-state index in [4.69, 9.17) is 0 Å². The van der Waals surface area contributed by atoms with Crippen molar-refractivity contribution in [2.45, 2.75) is 39.7 Å². The van der Waals surface area contributed by atoms with E-state index < -0.39 is 11.6 Å². The maximum Gasteiger partial charge on any atom is 0.163 e. The van der Waals surface area contributed by atoms with Gasteiger partial charge in [0.1, 0.15) is 0 Å². The SMILES string of the molecule is CCCN(CCC)CC(NCC)c1cccc(F)c1F. The zero-order valence-corrected chi connectivity index (χ0v) is 12.8. The standard InChI is InChI=1S/C16H26F2N2/c1-4-10-20(11-5-2)12-15(19-6-3)13-8-7-9-14(17)16(13)18/h7-9,15,19H,4-6,10-12H2,1-3H3. The van der Waals surface area contributed by atoms with E-state index in [-0.39, 0.29) is 6.04 Å². The first-order chi connectivity index (χ1) is 9.63. The molecule has 20 heavy (non-hydrogen) atoms. The molecule has 4 heteroatoms. The third kappa shape index (κ3) is 4.84. The van der Waals surface area contributed by atoms with Crippen molar-refractivity contribution < 1.29 is 8.78 Å². The van der Waals surface area contributed by atoms with Gasteiger partial charge in [-0.05, 0) is 38.5 Å². The summed E-state index contributed by atoms with van der Waals surface area (Å²) in [6.45, 7) is 9.64. The summed E-state index contributed by atoms with van der Waals surface area (Å²) in [6.07, 6.45) is 2.12. The molecule has 1 unspecified atom stereocenters. The van der Waals surface area contributed by atoms with Gasteiger partial charge in [0.25, 0.3) is 0 Å². The van der Waals surface area contributed by atoms with Gasteiger partial charge in [0.2, 0.25) is 0 Å². The van der Waals surface area contributed by atoms with Crippen LogP contribution in [0, 0.1) is 11.6 Å². The number of rotatable bonds is 9. The topological polar surface area (TPSA) is 15.3 Å². The van der Waals surface area contributed by atoms with Crippen LogP contribution in [0.5, 0.6) is 0 Å². The zero-order valence-electron chi connectivity index (χ0n) is 12.8. The molecular formula is C16H26F2N2. The van der Waals surface area contributed by atoms with Crippen LogP contribution >= 0.6 is 0 Å². The molecule has 0 saturated carbocycles. The number of hydrogen-bond donors (Lipinski definition) is 1. The van der Waals surface area contributed by atoms with E-state index >= 15 is 0 Å². The van der Waals surface area contributed by atoms with Crippen LogP contribution in [0.4, 0.5) is 8.78 Å². The third-order valence-corrected chi connectivity index (χ3v) is 3.33. The van der Waals surface area contributed by atoms with Gasteiger partial charge >= 0.3 is 0 Å². The quantitative estimate of drug-likeness (QED) is 0.743. The number of hydrogen-bond acceptors (Lipinski definition) is 2. The Bertz CT molecular complexity index is 390. The van der Waals surface area contributed by atoms with Gasteiger partial charge in [0.05, 0.1) is 0 Å². The van der Waals surface area contributed by atoms with E-state index in [9.17, 15) is 8.78 Å². The van der Waals surface area contributed by atoms with Gasteiger partial charge in [-0.25, -0.2) is 8.78 Å². The highest BCUT2D eigenvalue weighted by Gasteiger charge is 2.19. The van der Waals surface area contributed by atoms with Crippen LogP contribution in [0.1, 0.15) is 45.2 Å². The summed E-state index contributed by atoms with van der Waals surface area (Å²) in [6, 6.07) is 4.23. The molecule has 2 nitrogen and oxygen atoms in total. The summed E-state index contributed by atoms with van der Waals surface area (Å²) in [4.78, 5) is 2.30. The summed E-state index contributed by atoms with van der Waals surface area (Å²) < 4.78 is 27.4. The normalized spacial score (nSPS) is 12.9. The molecule has 0 aromatic heterocycles. The second kappa shape index (κ2) is 9.03. The number of benzene rings is 1. The Balaban J connectivity index is 2.89. The van der Waals surface area contributed by atoms with E-state index in [0.29, 0.717) is 12.1 Å². The molecule has 0 bridgehead atoms. The van der Waals surface area contributed by atoms with Gasteiger partial charge in [-0.1, -0.05) is 32.9 Å². The van der Waals surface area contributed by atoms with Crippen molar-refractivity contribution in [1.82, 2.24) is 10.2 Å². The molecule has 0 radical (unpaired) electrons. The van der Waals surface area contributed by atoms with Crippen molar-refractivity contribution in [3.63, 3.8) is 0 Å². The van der Waals surface area contributed by atoms with Crippen LogP contribution in [0.15, 0.2) is 18.2 Å². The van der Waals surface area contributed by atoms with Crippen LogP contribution in [-0.4, -0.2) is 31.1 Å². The number of nitrogens with one attached hydrogen (secondary N) is 1. The molecule has 0 saturated heterocycles. The second-order valence-electron chi connectivity index (χ2n) is 5.05. The molecule has 114 valence electrons. The van der Waals surface area contributed by atoms with E-state index in [1.54, 1.807) is 12.1 Å². The molecule has 0 aliphatic rings. The van der Waals surface area contributed by atoms with Crippen LogP contribution in [0.2, 0.25) is 0 Å². The molecular weight excluding hydrogens is 258 g/mol. The lowest BCUT2D eigenvalue weighted by atomic mass is 10.0. The van der Waals surface area contributed by atoms with Crippen LogP contribution in [0.3, 0.4) is 0 Å². The van der Waals surface area contributed by atoms with Gasteiger partial charge < -0.3 is 10.2 Å². The molecule has 0 heterocycles. The van der Waals surface area contributed by atoms with Crippen molar-refractivity contribution in [2.24, 2.45) is 0 Å². The molecule has 0 fully saturated rings. The van der Waals surface area contributed by atoms with Crippen molar-refractivity contribution in [3.05, 3.63) is 35.4 Å². The highest BCUT2D eigenvalue weighted by atomic mass is 19.2. The van der Waals surface area contributed by atoms with Crippen molar-refractivity contribution in [3.8, 4) is 0 Å². The molecule has 0 aliphatic carbocycles. The van der Waals surface area contributed by atoms with Crippen molar-refractivity contribution in [1.29, 1.82) is 0 Å². The fourth-order valence-corrected chi connectivity index (χ4v) is 2.49. The number of halogens is 2. The van der Waals surface area contributed by atoms with E-state index in [2.05, 4.69) is 24.1 Å². The Morgan fingerprint density at radius 3 is 2.30 bits per heavy atom. The first kappa shape index (κ1) is 17.1. The lowest BCUT2D eigenvalue weighted by Crippen LogP contribution is -2.36. The van der Waals surface area contributed by atoms with Crippen molar-refractivity contribution in [2.75, 3.05) is 26.2 Å². The molecule has 1 rings (SSSR count). The number of likely N-dealkylation sites (N-methyl/N-ethyl adjacent to an activating group) is 1. The van der Waals surface area contributed by atoms with Crippen LogP contribution in [0.25, 0.3) is 0 Å². The smallest absolute Gasteiger partial charge is 0.163 e. The minimum absolute atomic E-state index is 0.172. The summed E-state index contributed by atoms with van der Waals surface area (Å²) in [5.74, 6) is -1.51. The fourth-order valence-electron chi connectivity index (χ4n) is 2.49. The Morgan fingerprint density at radius 1 is 1.10 bits per heavy atom. The van der Waals surface area contributed by atoms with Crippen molar-refractivity contribution >= 4 is 0 Å². The monoisotopic (exact) mass is 284 g/mol. The summed E-state index contributed by atoms with van der Waals surface area (Å²) >= 11 is 0. The summed E-state index contributed by atoms with van der Waals surface area (Å²) in [5.41, 5.74) is 0.420. The molecule has 0 amide bonds. The molecule has 1 aromatic carbocycles. The Kier molecular flexibility index (Phi) is 7.70. The largest absolute Gasteiger partial charge is 0.309 e. The minimum atomic E-state index is -0.775. The zero-order chi connectivity index (χ0) is 15.0. The van der Waals surface area contributed by atoms with E-state index in [0.717, 1.165) is 38.5 Å². The first-order valence-electron chi connectivity index (χ1n) is 7.53. The fraction of sp³-hybridized carbons (Fsp3) is 0.625. The average Bonchev–Trinajstić information content (AvgIpc) is 2.42. The highest BCUT2D eigenvalue weighted by molar-refractivity contribution is 5.23. The molecule has 1 atom stereocenters. The summed E-state index contributed by atoms with van der Waals surface area (Å²) in [5, 5.41) is 3.27. The Labute approximate surface area is 121 Å². The summed E-state index contributed by atoms with van der Waals surface area (Å²) in [7, 11) is 0. The molecule has 0 aliphatic heterocycles. The van der Waals surface area contributed by atoms with E-state index in [1.807, 2.05) is 6.92 Å². The third-order valence-electron chi connectivity index (χ3n) is 3.33. The lowest BCUT2D eigenvalue weighted by Gasteiger charge is -2.28. The Hall–Kier alpha value is -1.00. The molecule has 1 aromatic rings. The van der Waals surface area contributed by atoms with Gasteiger partial charge in [-0.15, -0.1) is 0 Å². The predicted molar refractivity (Wildman–Crippen MR) is 79.8 cm³/mol. The Morgan fingerprint density at radius 2 is 1.75 bits per heavy atom. The lowest BCUT2D eigenvalue weighted by molar-refractivity contribution is 0.241. The van der Waals surface area contributed by atoms with E-state index in [1.165, 1.54) is 0 Å². The first-order valence-corrected chi connectivity index (χ1v) is 7.53. The predicted octanol–water partition coefficient (Wildman–Crippen LogP) is 3.74. The van der Waals surface area contributed by atoms with Crippen LogP contribution in [-0.2, 0) is 0 Å². The van der Waals surface area contributed by atoms with Gasteiger partial charge in [0.15, 0.2) is 11.6 Å². The maximum atomic E-state index is 14.0.